The number of fused-ring (bicyclic) bond motifs is 3. The molecule has 0 fully saturated rings. The summed E-state index contributed by atoms with van der Waals surface area (Å²) in [7, 11) is 0. The van der Waals surface area contributed by atoms with Crippen molar-refractivity contribution in [3.05, 3.63) is 56.7 Å². The number of nitrogens with one attached hydrogen (secondary N) is 1. The number of nitrogens with two attached hydrogens (primary N) is 1. The molecular formula is C23H26N4O3S2. The van der Waals surface area contributed by atoms with Crippen LogP contribution in [0.5, 0.6) is 0 Å². The van der Waals surface area contributed by atoms with E-state index in [2.05, 4.69) is 12.2 Å². The number of hydrogen-bond donors (Lipinski definition) is 2. The Morgan fingerprint density at radius 2 is 2.09 bits per heavy atom. The van der Waals surface area contributed by atoms with Crippen LogP contribution in [0, 0.1) is 5.92 Å². The highest BCUT2D eigenvalue weighted by Crippen LogP contribution is 2.37. The number of amides is 3. The molecule has 3 amide bonds. The molecule has 168 valence electrons. The zero-order chi connectivity index (χ0) is 22.8. The molecule has 3 N–H and O–H groups in total. The number of nitrogens with zero attached hydrogens (tertiary/aromatic N) is 2. The summed E-state index contributed by atoms with van der Waals surface area (Å²) in [4.78, 5) is 43.8. The zero-order valence-corrected chi connectivity index (χ0v) is 19.7. The van der Waals surface area contributed by atoms with Crippen LogP contribution in [0.2, 0.25) is 0 Å². The predicted molar refractivity (Wildman–Crippen MR) is 128 cm³/mol. The number of carbonyl (C=O) groups is 2. The molecule has 1 aromatic carbocycles. The molecule has 0 aliphatic heterocycles. The first-order valence-electron chi connectivity index (χ1n) is 10.7. The third-order valence-electron chi connectivity index (χ3n) is 5.74. The lowest BCUT2D eigenvalue weighted by Gasteiger charge is -2.18. The van der Waals surface area contributed by atoms with Crippen LogP contribution in [0.25, 0.3) is 10.2 Å². The molecule has 9 heteroatoms. The van der Waals surface area contributed by atoms with Gasteiger partial charge in [0.1, 0.15) is 4.83 Å². The van der Waals surface area contributed by atoms with E-state index in [1.165, 1.54) is 16.6 Å². The monoisotopic (exact) mass is 470 g/mol. The van der Waals surface area contributed by atoms with Gasteiger partial charge in [-0.1, -0.05) is 49.0 Å². The highest BCUT2D eigenvalue weighted by Gasteiger charge is 2.26. The molecule has 2 aromatic heterocycles. The fraction of sp³-hybridized carbons (Fsp3) is 0.391. The minimum Gasteiger partial charge on any atom is -0.351 e. The van der Waals surface area contributed by atoms with Gasteiger partial charge >= 0.3 is 6.03 Å². The number of aromatic nitrogens is 2. The molecule has 1 aliphatic rings. The average molecular weight is 471 g/mol. The van der Waals surface area contributed by atoms with Gasteiger partial charge in [-0.2, -0.15) is 0 Å². The standard InChI is InChI=1S/C23H26N4O3S2/c1-13-8-9-16-17(12-13)32-20-18(16)21(29)27(11-10-15-6-4-3-5-7-15)23(26-20)31-14(2)19(28)25-22(24)30/h3-7,13-14H,8-12H2,1-2H3,(H3,24,25,28,30)/t13-,14-/m1/s1. The molecule has 0 bridgehead atoms. The number of aryl methyl sites for hydroxylation is 2. The topological polar surface area (TPSA) is 107 Å². The van der Waals surface area contributed by atoms with E-state index in [-0.39, 0.29) is 5.56 Å². The molecule has 0 radical (unpaired) electrons. The summed E-state index contributed by atoms with van der Waals surface area (Å²) in [6.07, 6.45) is 3.62. The summed E-state index contributed by atoms with van der Waals surface area (Å²) in [6.45, 7) is 4.36. The number of thiophene rings is 1. The van der Waals surface area contributed by atoms with Crippen molar-refractivity contribution in [3.8, 4) is 0 Å². The Hall–Kier alpha value is -2.65. The van der Waals surface area contributed by atoms with Gasteiger partial charge < -0.3 is 5.73 Å². The van der Waals surface area contributed by atoms with Crippen LogP contribution in [-0.2, 0) is 30.6 Å². The van der Waals surface area contributed by atoms with Crippen molar-refractivity contribution in [3.63, 3.8) is 0 Å². The molecule has 3 aromatic rings. The van der Waals surface area contributed by atoms with E-state index in [1.807, 2.05) is 30.3 Å². The summed E-state index contributed by atoms with van der Waals surface area (Å²) in [5.74, 6) is 0.0907. The summed E-state index contributed by atoms with van der Waals surface area (Å²) in [6, 6.07) is 9.07. The smallest absolute Gasteiger partial charge is 0.318 e. The third kappa shape index (κ3) is 4.73. The van der Waals surface area contributed by atoms with Gasteiger partial charge in [0.15, 0.2) is 5.16 Å². The Morgan fingerprint density at radius 3 is 2.81 bits per heavy atom. The second-order valence-corrected chi connectivity index (χ2v) is 10.6. The summed E-state index contributed by atoms with van der Waals surface area (Å²) >= 11 is 2.76. The van der Waals surface area contributed by atoms with Crippen LogP contribution >= 0.6 is 23.1 Å². The molecule has 0 saturated carbocycles. The first-order chi connectivity index (χ1) is 15.3. The van der Waals surface area contributed by atoms with Gasteiger partial charge in [0.05, 0.1) is 10.6 Å². The molecule has 0 unspecified atom stereocenters. The van der Waals surface area contributed by atoms with Gasteiger partial charge in [-0.15, -0.1) is 11.3 Å². The number of rotatable bonds is 6. The lowest BCUT2D eigenvalue weighted by atomic mass is 9.89. The maximum absolute atomic E-state index is 13.7. The summed E-state index contributed by atoms with van der Waals surface area (Å²) in [5, 5.41) is 2.68. The van der Waals surface area contributed by atoms with Crippen LogP contribution in [-0.4, -0.2) is 26.7 Å². The SMILES string of the molecule is C[C@@H]1CCc2c(sc3nc(S[C@H](C)C(=O)NC(N)=O)n(CCc4ccccc4)c(=O)c23)C1. The molecule has 2 heterocycles. The average Bonchev–Trinajstić information content (AvgIpc) is 3.11. The normalized spacial score (nSPS) is 16.5. The number of hydrogen-bond acceptors (Lipinski definition) is 6. The van der Waals surface area contributed by atoms with E-state index in [4.69, 9.17) is 10.7 Å². The maximum atomic E-state index is 13.7. The van der Waals surface area contributed by atoms with E-state index in [9.17, 15) is 14.4 Å². The lowest BCUT2D eigenvalue weighted by molar-refractivity contribution is -0.119. The number of thioether (sulfide) groups is 1. The fourth-order valence-corrected chi connectivity index (χ4v) is 6.37. The van der Waals surface area contributed by atoms with Gasteiger partial charge in [0.2, 0.25) is 5.91 Å². The van der Waals surface area contributed by atoms with Crippen LogP contribution < -0.4 is 16.6 Å². The molecule has 4 rings (SSSR count). The Labute approximate surface area is 194 Å². The quantitative estimate of drug-likeness (QED) is 0.424. The van der Waals surface area contributed by atoms with Gasteiger partial charge in [-0.3, -0.25) is 19.5 Å². The summed E-state index contributed by atoms with van der Waals surface area (Å²) in [5.41, 5.74) is 7.30. The van der Waals surface area contributed by atoms with Gasteiger partial charge in [0, 0.05) is 11.4 Å². The maximum Gasteiger partial charge on any atom is 0.318 e. The minimum atomic E-state index is -0.896. The highest BCUT2D eigenvalue weighted by molar-refractivity contribution is 8.00. The third-order valence-corrected chi connectivity index (χ3v) is 7.98. The van der Waals surface area contributed by atoms with Gasteiger partial charge in [-0.05, 0) is 49.7 Å². The van der Waals surface area contributed by atoms with Gasteiger partial charge in [0.25, 0.3) is 5.56 Å². The van der Waals surface area contributed by atoms with Crippen molar-refractivity contribution in [1.82, 2.24) is 14.9 Å². The Kier molecular flexibility index (Phi) is 6.66. The van der Waals surface area contributed by atoms with Crippen molar-refractivity contribution in [2.75, 3.05) is 0 Å². The largest absolute Gasteiger partial charge is 0.351 e. The summed E-state index contributed by atoms with van der Waals surface area (Å²) < 4.78 is 1.68. The van der Waals surface area contributed by atoms with E-state index in [0.29, 0.717) is 24.0 Å². The van der Waals surface area contributed by atoms with Crippen molar-refractivity contribution in [1.29, 1.82) is 0 Å². The molecule has 1 aliphatic carbocycles. The Morgan fingerprint density at radius 1 is 1.34 bits per heavy atom. The molecule has 0 spiro atoms. The molecular weight excluding hydrogens is 444 g/mol. The molecule has 0 saturated heterocycles. The van der Waals surface area contributed by atoms with E-state index in [0.717, 1.165) is 40.6 Å². The van der Waals surface area contributed by atoms with Crippen LogP contribution in [0.3, 0.4) is 0 Å². The Bertz CT molecular complexity index is 1220. The van der Waals surface area contributed by atoms with Crippen LogP contribution in [0.4, 0.5) is 4.79 Å². The zero-order valence-electron chi connectivity index (χ0n) is 18.1. The first kappa shape index (κ1) is 22.5. The fourth-order valence-electron chi connectivity index (χ4n) is 4.01. The Balaban J connectivity index is 1.74. The molecule has 2 atom stereocenters. The minimum absolute atomic E-state index is 0.0528. The van der Waals surface area contributed by atoms with Gasteiger partial charge in [-0.25, -0.2) is 9.78 Å². The second-order valence-electron chi connectivity index (χ2n) is 8.23. The van der Waals surface area contributed by atoms with Crippen molar-refractivity contribution >= 4 is 45.3 Å². The van der Waals surface area contributed by atoms with E-state index in [1.54, 1.807) is 22.8 Å². The number of benzene rings is 1. The first-order valence-corrected chi connectivity index (χ1v) is 12.4. The lowest BCUT2D eigenvalue weighted by Crippen LogP contribution is -2.39. The van der Waals surface area contributed by atoms with Crippen molar-refractivity contribution in [2.45, 2.75) is 56.5 Å². The van der Waals surface area contributed by atoms with Crippen molar-refractivity contribution < 1.29 is 9.59 Å². The van der Waals surface area contributed by atoms with Crippen molar-refractivity contribution in [2.24, 2.45) is 11.7 Å². The van der Waals surface area contributed by atoms with E-state index >= 15 is 0 Å². The number of urea groups is 1. The number of carbonyl (C=O) groups excluding carboxylic acids is 2. The molecule has 32 heavy (non-hydrogen) atoms. The molecule has 7 nitrogen and oxygen atoms in total. The highest BCUT2D eigenvalue weighted by atomic mass is 32.2. The predicted octanol–water partition coefficient (Wildman–Crippen LogP) is 3.50. The number of primary amides is 1. The second kappa shape index (κ2) is 9.46. The number of imide groups is 1. The van der Waals surface area contributed by atoms with Crippen LogP contribution in [0.15, 0.2) is 40.3 Å². The van der Waals surface area contributed by atoms with Crippen LogP contribution in [0.1, 0.15) is 36.3 Å². The van der Waals surface area contributed by atoms with E-state index < -0.39 is 17.2 Å².